The number of para-hydroxylation sites is 1. The first-order chi connectivity index (χ1) is 18.2. The van der Waals surface area contributed by atoms with Crippen molar-refractivity contribution in [3.8, 4) is 6.07 Å². The lowest BCUT2D eigenvalue weighted by Crippen LogP contribution is -2.30. The van der Waals surface area contributed by atoms with E-state index in [4.69, 9.17) is 4.42 Å². The molecule has 4 rings (SSSR count). The number of benzene rings is 3. The summed E-state index contributed by atoms with van der Waals surface area (Å²) in [5, 5.41) is 12.2. The fourth-order valence-corrected chi connectivity index (χ4v) is 5.12. The molecule has 0 aliphatic heterocycles. The van der Waals surface area contributed by atoms with E-state index in [1.54, 1.807) is 60.7 Å². The molecule has 0 radical (unpaired) electrons. The Morgan fingerprint density at radius 2 is 1.53 bits per heavy atom. The lowest BCUT2D eigenvalue weighted by molar-refractivity contribution is -0.112. The van der Waals surface area contributed by atoms with Crippen LogP contribution in [0.2, 0.25) is 0 Å². The highest BCUT2D eigenvalue weighted by molar-refractivity contribution is 7.89. The summed E-state index contributed by atoms with van der Waals surface area (Å²) in [7, 11) is -3.85. The number of hydrogen-bond donors (Lipinski definition) is 1. The largest absolute Gasteiger partial charge is 0.460 e. The summed E-state index contributed by atoms with van der Waals surface area (Å²) >= 11 is 0. The second-order valence-electron chi connectivity index (χ2n) is 8.87. The molecule has 0 aliphatic rings. The summed E-state index contributed by atoms with van der Waals surface area (Å²) < 4.78 is 34.4. The van der Waals surface area contributed by atoms with Gasteiger partial charge in [-0.15, -0.1) is 0 Å². The monoisotopic (exact) mass is 525 g/mol. The van der Waals surface area contributed by atoms with Gasteiger partial charge in [0.25, 0.3) is 5.91 Å². The van der Waals surface area contributed by atoms with Crippen LogP contribution in [0, 0.1) is 25.2 Å². The first-order valence-electron chi connectivity index (χ1n) is 11.9. The van der Waals surface area contributed by atoms with E-state index in [2.05, 4.69) is 5.32 Å². The maximum atomic E-state index is 13.6. The minimum absolute atomic E-state index is 0.0317. The van der Waals surface area contributed by atoms with Crippen molar-refractivity contribution in [1.82, 2.24) is 4.31 Å². The number of amides is 1. The van der Waals surface area contributed by atoms with E-state index in [0.717, 1.165) is 16.7 Å². The van der Waals surface area contributed by atoms with Gasteiger partial charge >= 0.3 is 0 Å². The molecule has 3 aromatic carbocycles. The number of nitrogens with one attached hydrogen (secondary N) is 1. The Bertz CT molecular complexity index is 1580. The van der Waals surface area contributed by atoms with Gasteiger partial charge in [-0.2, -0.15) is 9.57 Å². The number of nitrogens with zero attached hydrogens (tertiary/aromatic N) is 2. The molecule has 38 heavy (non-hydrogen) atoms. The Labute approximate surface area is 222 Å². The average molecular weight is 526 g/mol. The van der Waals surface area contributed by atoms with Crippen LogP contribution in [-0.4, -0.2) is 18.6 Å². The predicted molar refractivity (Wildman–Crippen MR) is 146 cm³/mol. The van der Waals surface area contributed by atoms with E-state index in [0.29, 0.717) is 11.4 Å². The molecule has 0 bridgehead atoms. The van der Waals surface area contributed by atoms with Crippen LogP contribution in [0.25, 0.3) is 6.08 Å². The van der Waals surface area contributed by atoms with Gasteiger partial charge in [0.15, 0.2) is 0 Å². The van der Waals surface area contributed by atoms with Crippen molar-refractivity contribution < 1.29 is 17.6 Å². The maximum absolute atomic E-state index is 13.6. The summed E-state index contributed by atoms with van der Waals surface area (Å²) in [5.41, 5.74) is 3.29. The van der Waals surface area contributed by atoms with Crippen molar-refractivity contribution in [2.75, 3.05) is 5.32 Å². The van der Waals surface area contributed by atoms with Gasteiger partial charge in [0.1, 0.15) is 23.2 Å². The average Bonchev–Trinajstić information content (AvgIpc) is 3.36. The molecule has 0 aliphatic carbocycles. The van der Waals surface area contributed by atoms with Crippen molar-refractivity contribution >= 4 is 27.7 Å². The normalized spacial score (nSPS) is 11.8. The summed E-state index contributed by atoms with van der Waals surface area (Å²) in [6.07, 6.45) is 1.33. The molecule has 192 valence electrons. The Hall–Kier alpha value is -4.45. The van der Waals surface area contributed by atoms with Crippen molar-refractivity contribution in [3.63, 3.8) is 0 Å². The zero-order chi connectivity index (χ0) is 27.1. The lowest BCUT2D eigenvalue weighted by atomic mass is 10.1. The second-order valence-corrected chi connectivity index (χ2v) is 10.8. The number of carbonyl (C=O) groups excluding carboxylic acids is 1. The van der Waals surface area contributed by atoms with Crippen molar-refractivity contribution in [2.45, 2.75) is 31.8 Å². The number of carbonyl (C=O) groups is 1. The van der Waals surface area contributed by atoms with Crippen LogP contribution in [0.15, 0.2) is 106 Å². The van der Waals surface area contributed by atoms with E-state index in [1.807, 2.05) is 50.2 Å². The van der Waals surface area contributed by atoms with E-state index in [9.17, 15) is 18.5 Å². The fourth-order valence-electron chi connectivity index (χ4n) is 3.72. The molecule has 7 nitrogen and oxygen atoms in total. The summed E-state index contributed by atoms with van der Waals surface area (Å²) in [6, 6.07) is 28.3. The SMILES string of the molecule is Cc1ccc(CN(Cc2ccc(/C=C(/C#N)C(=O)Nc3ccccc3)o2)S(=O)(=O)c2ccc(C)cc2)cc1. The number of sulfonamides is 1. The third-order valence-electron chi connectivity index (χ3n) is 5.84. The van der Waals surface area contributed by atoms with Gasteiger partial charge in [-0.3, -0.25) is 4.79 Å². The van der Waals surface area contributed by atoms with Gasteiger partial charge in [0.2, 0.25) is 10.0 Å². The topological polar surface area (TPSA) is 103 Å². The summed E-state index contributed by atoms with van der Waals surface area (Å²) in [6.45, 7) is 3.98. The number of hydrogen-bond acceptors (Lipinski definition) is 5. The molecule has 0 spiro atoms. The molecular weight excluding hydrogens is 498 g/mol. The molecular formula is C30H27N3O4S. The molecule has 1 heterocycles. The van der Waals surface area contributed by atoms with Crippen molar-refractivity contribution in [2.24, 2.45) is 0 Å². The van der Waals surface area contributed by atoms with Gasteiger partial charge in [-0.05, 0) is 55.8 Å². The zero-order valence-electron chi connectivity index (χ0n) is 21.1. The van der Waals surface area contributed by atoms with Crippen molar-refractivity contribution in [3.05, 3.63) is 125 Å². The molecule has 8 heteroatoms. The molecule has 1 amide bonds. The predicted octanol–water partition coefficient (Wildman–Crippen LogP) is 5.83. The van der Waals surface area contributed by atoms with E-state index >= 15 is 0 Å². The van der Waals surface area contributed by atoms with Gasteiger partial charge in [0.05, 0.1) is 11.4 Å². The quantitative estimate of drug-likeness (QED) is 0.219. The van der Waals surface area contributed by atoms with E-state index in [-0.39, 0.29) is 29.3 Å². The van der Waals surface area contributed by atoms with E-state index in [1.165, 1.54) is 10.4 Å². The maximum Gasteiger partial charge on any atom is 0.266 e. The smallest absolute Gasteiger partial charge is 0.266 e. The molecule has 4 aromatic rings. The number of nitriles is 1. The highest BCUT2D eigenvalue weighted by atomic mass is 32.2. The zero-order valence-corrected chi connectivity index (χ0v) is 21.9. The van der Waals surface area contributed by atoms with Crippen LogP contribution in [-0.2, 0) is 27.9 Å². The lowest BCUT2D eigenvalue weighted by Gasteiger charge is -2.21. The van der Waals surface area contributed by atoms with Crippen LogP contribution >= 0.6 is 0 Å². The molecule has 1 N–H and O–H groups in total. The van der Waals surface area contributed by atoms with Gasteiger partial charge in [-0.1, -0.05) is 65.7 Å². The Balaban J connectivity index is 1.58. The Kier molecular flexibility index (Phi) is 8.22. The third-order valence-corrected chi connectivity index (χ3v) is 7.64. The van der Waals surface area contributed by atoms with E-state index < -0.39 is 15.9 Å². The highest BCUT2D eigenvalue weighted by Gasteiger charge is 2.26. The molecule has 0 fully saturated rings. The van der Waals surface area contributed by atoms with Gasteiger partial charge in [0, 0.05) is 18.3 Å². The molecule has 0 unspecified atom stereocenters. The van der Waals surface area contributed by atoms with Crippen LogP contribution in [0.3, 0.4) is 0 Å². The van der Waals surface area contributed by atoms with Crippen molar-refractivity contribution in [1.29, 1.82) is 5.26 Å². The molecule has 0 saturated heterocycles. The number of rotatable bonds is 9. The first kappa shape index (κ1) is 26.6. The fraction of sp³-hybridized carbons (Fsp3) is 0.133. The molecule has 0 atom stereocenters. The second kappa shape index (κ2) is 11.7. The first-order valence-corrected chi connectivity index (χ1v) is 13.4. The standard InChI is InChI=1S/C30H27N3O4S/c1-22-8-12-24(13-9-22)20-33(38(35,36)29-16-10-23(2)11-17-29)21-28-15-14-27(37-28)18-25(19-31)30(34)32-26-6-4-3-5-7-26/h3-18H,20-21H2,1-2H3,(H,32,34)/b25-18-. The van der Waals surface area contributed by atoms with Crippen LogP contribution in [0.4, 0.5) is 5.69 Å². The van der Waals surface area contributed by atoms with Gasteiger partial charge < -0.3 is 9.73 Å². The minimum Gasteiger partial charge on any atom is -0.460 e. The van der Waals surface area contributed by atoms with Crippen LogP contribution in [0.5, 0.6) is 0 Å². The summed E-state index contributed by atoms with van der Waals surface area (Å²) in [4.78, 5) is 12.7. The minimum atomic E-state index is -3.85. The molecule has 0 saturated carbocycles. The molecule has 1 aromatic heterocycles. The third kappa shape index (κ3) is 6.65. The number of anilines is 1. The Morgan fingerprint density at radius 3 is 2.16 bits per heavy atom. The van der Waals surface area contributed by atoms with Gasteiger partial charge in [-0.25, -0.2) is 8.42 Å². The van der Waals surface area contributed by atoms with Crippen LogP contribution < -0.4 is 5.32 Å². The summed E-state index contributed by atoms with van der Waals surface area (Å²) in [5.74, 6) is 0.0715. The Morgan fingerprint density at radius 1 is 0.895 bits per heavy atom. The number of furan rings is 1. The number of aryl methyl sites for hydroxylation is 2. The van der Waals surface area contributed by atoms with Crippen LogP contribution in [0.1, 0.15) is 28.2 Å². The highest BCUT2D eigenvalue weighted by Crippen LogP contribution is 2.23.